The molecule has 0 saturated carbocycles. The highest BCUT2D eigenvalue weighted by molar-refractivity contribution is 6.43. The normalized spacial score (nSPS) is 20.6. The lowest BCUT2D eigenvalue weighted by atomic mass is 9.80. The number of ether oxygens (including phenoxy) is 1. The maximum Gasteiger partial charge on any atom is 0.269 e. The molecular formula is C16H20N2O2. The molecule has 1 fully saturated rings. The third-order valence-electron chi connectivity index (χ3n) is 4.15. The molecule has 0 N–H and O–H groups in total. The van der Waals surface area contributed by atoms with E-state index in [1.165, 1.54) is 5.56 Å². The van der Waals surface area contributed by atoms with Crippen LogP contribution in [-0.4, -0.2) is 42.8 Å². The Labute approximate surface area is 119 Å². The summed E-state index contributed by atoms with van der Waals surface area (Å²) in [6.07, 6.45) is 0. The van der Waals surface area contributed by atoms with E-state index in [4.69, 9.17) is 4.74 Å². The molecule has 20 heavy (non-hydrogen) atoms. The van der Waals surface area contributed by atoms with Crippen molar-refractivity contribution in [3.05, 3.63) is 29.3 Å². The summed E-state index contributed by atoms with van der Waals surface area (Å²) in [5.41, 5.74) is 3.61. The molecule has 2 aliphatic rings. The molecule has 106 valence electrons. The van der Waals surface area contributed by atoms with E-state index in [0.717, 1.165) is 11.3 Å². The van der Waals surface area contributed by atoms with Gasteiger partial charge in [-0.15, -0.1) is 0 Å². The van der Waals surface area contributed by atoms with Gasteiger partial charge in [-0.2, -0.15) is 0 Å². The summed E-state index contributed by atoms with van der Waals surface area (Å²) in [4.78, 5) is 19.2. The monoisotopic (exact) mass is 272 g/mol. The molecule has 2 aliphatic heterocycles. The number of nitrogens with zero attached hydrogens (tertiary/aromatic N) is 2. The zero-order chi connectivity index (χ0) is 14.3. The van der Waals surface area contributed by atoms with Crippen LogP contribution in [0.2, 0.25) is 0 Å². The molecule has 0 atom stereocenters. The Bertz CT molecular complexity index is 584. The number of rotatable bonds is 1. The second-order valence-electron chi connectivity index (χ2n) is 6.01. The highest BCUT2D eigenvalue weighted by Crippen LogP contribution is 2.40. The van der Waals surface area contributed by atoms with Gasteiger partial charge < -0.3 is 9.64 Å². The van der Waals surface area contributed by atoms with Crippen LogP contribution in [0.15, 0.2) is 23.2 Å². The van der Waals surface area contributed by atoms with Crippen LogP contribution in [-0.2, 0) is 14.9 Å². The van der Waals surface area contributed by atoms with Crippen molar-refractivity contribution >= 4 is 17.3 Å². The quantitative estimate of drug-likeness (QED) is 0.786. The van der Waals surface area contributed by atoms with Crippen molar-refractivity contribution in [2.24, 2.45) is 4.99 Å². The van der Waals surface area contributed by atoms with Crippen molar-refractivity contribution in [1.29, 1.82) is 0 Å². The van der Waals surface area contributed by atoms with Crippen LogP contribution in [0.4, 0.5) is 5.69 Å². The van der Waals surface area contributed by atoms with Gasteiger partial charge in [-0.05, 0) is 32.4 Å². The van der Waals surface area contributed by atoms with E-state index < -0.39 is 0 Å². The summed E-state index contributed by atoms with van der Waals surface area (Å²) in [6.45, 7) is 8.77. The highest BCUT2D eigenvalue weighted by atomic mass is 16.5. The number of aliphatic imine (C=N–C) groups is 1. The topological polar surface area (TPSA) is 41.9 Å². The molecule has 0 aromatic heterocycles. The van der Waals surface area contributed by atoms with E-state index >= 15 is 0 Å². The van der Waals surface area contributed by atoms with Crippen LogP contribution in [0.1, 0.15) is 25.0 Å². The van der Waals surface area contributed by atoms with Crippen LogP contribution < -0.4 is 0 Å². The summed E-state index contributed by atoms with van der Waals surface area (Å²) >= 11 is 0. The summed E-state index contributed by atoms with van der Waals surface area (Å²) in [5.74, 6) is 0.0483. The predicted octanol–water partition coefficient (Wildman–Crippen LogP) is 2.22. The number of carbonyl (C=O) groups excluding carboxylic acids is 1. The second-order valence-corrected chi connectivity index (χ2v) is 6.01. The number of aryl methyl sites for hydroxylation is 1. The highest BCUT2D eigenvalue weighted by Gasteiger charge is 2.40. The van der Waals surface area contributed by atoms with Gasteiger partial charge in [-0.1, -0.05) is 17.7 Å². The summed E-state index contributed by atoms with van der Waals surface area (Å²) in [6, 6.07) is 6.19. The van der Waals surface area contributed by atoms with Crippen molar-refractivity contribution in [3.8, 4) is 0 Å². The molecule has 3 rings (SSSR count). The summed E-state index contributed by atoms with van der Waals surface area (Å²) in [7, 11) is 0. The van der Waals surface area contributed by atoms with Crippen LogP contribution in [0, 0.1) is 6.92 Å². The van der Waals surface area contributed by atoms with Gasteiger partial charge in [0.25, 0.3) is 5.91 Å². The average Bonchev–Trinajstić information content (AvgIpc) is 2.71. The van der Waals surface area contributed by atoms with Gasteiger partial charge in [-0.25, -0.2) is 4.99 Å². The zero-order valence-corrected chi connectivity index (χ0v) is 12.3. The summed E-state index contributed by atoms with van der Waals surface area (Å²) in [5, 5.41) is 0. The first-order valence-corrected chi connectivity index (χ1v) is 7.07. The van der Waals surface area contributed by atoms with Crippen molar-refractivity contribution in [2.75, 3.05) is 26.3 Å². The zero-order valence-electron chi connectivity index (χ0n) is 12.3. The van der Waals surface area contributed by atoms with Crippen LogP contribution >= 0.6 is 0 Å². The Hall–Kier alpha value is -1.68. The number of amides is 1. The van der Waals surface area contributed by atoms with Gasteiger partial charge in [0.2, 0.25) is 0 Å². The molecule has 1 amide bonds. The van der Waals surface area contributed by atoms with Crippen molar-refractivity contribution in [3.63, 3.8) is 0 Å². The predicted molar refractivity (Wildman–Crippen MR) is 78.7 cm³/mol. The number of carbonyl (C=O) groups is 1. The Morgan fingerprint density at radius 3 is 2.70 bits per heavy atom. The molecule has 4 nitrogen and oxygen atoms in total. The second kappa shape index (κ2) is 4.70. The van der Waals surface area contributed by atoms with Gasteiger partial charge in [0, 0.05) is 18.5 Å². The van der Waals surface area contributed by atoms with Crippen LogP contribution in [0.25, 0.3) is 0 Å². The van der Waals surface area contributed by atoms with Gasteiger partial charge in [-0.3, -0.25) is 4.79 Å². The Kier molecular flexibility index (Phi) is 3.13. The summed E-state index contributed by atoms with van der Waals surface area (Å²) < 4.78 is 5.31. The fraction of sp³-hybridized carbons (Fsp3) is 0.500. The third-order valence-corrected chi connectivity index (χ3v) is 4.15. The average molecular weight is 272 g/mol. The number of morpholine rings is 1. The van der Waals surface area contributed by atoms with Crippen molar-refractivity contribution in [1.82, 2.24) is 4.90 Å². The van der Waals surface area contributed by atoms with E-state index in [-0.39, 0.29) is 11.3 Å². The van der Waals surface area contributed by atoms with E-state index in [9.17, 15) is 4.79 Å². The number of benzene rings is 1. The first-order valence-electron chi connectivity index (χ1n) is 7.07. The molecule has 1 aromatic carbocycles. The maximum atomic E-state index is 12.7. The molecule has 2 heterocycles. The minimum Gasteiger partial charge on any atom is -0.378 e. The lowest BCUT2D eigenvalue weighted by Gasteiger charge is -2.30. The molecule has 0 radical (unpaired) electrons. The fourth-order valence-electron chi connectivity index (χ4n) is 2.87. The maximum absolute atomic E-state index is 12.7. The standard InChI is InChI=1S/C16H20N2O2/c1-11-4-5-13-12(10-11)16(2,3)14(17-13)15(19)18-6-8-20-9-7-18/h4-5,10H,6-9H2,1-3H3. The molecule has 0 spiro atoms. The van der Waals surface area contributed by atoms with Gasteiger partial charge in [0.05, 0.1) is 18.9 Å². The molecule has 0 aliphatic carbocycles. The minimum absolute atomic E-state index is 0.0483. The van der Waals surface area contributed by atoms with E-state index in [1.807, 2.05) is 17.0 Å². The van der Waals surface area contributed by atoms with Gasteiger partial charge in [0.1, 0.15) is 5.71 Å². The SMILES string of the molecule is Cc1ccc2c(c1)C(C)(C)C(C(=O)N1CCOCC1)=N2. The third kappa shape index (κ3) is 2.04. The minimum atomic E-state index is -0.323. The first-order chi connectivity index (χ1) is 9.50. The molecule has 4 heteroatoms. The molecule has 0 unspecified atom stereocenters. The Morgan fingerprint density at radius 1 is 1.30 bits per heavy atom. The van der Waals surface area contributed by atoms with Crippen molar-refractivity contribution in [2.45, 2.75) is 26.2 Å². The Morgan fingerprint density at radius 2 is 2.00 bits per heavy atom. The Balaban J connectivity index is 1.94. The van der Waals surface area contributed by atoms with Crippen LogP contribution in [0.3, 0.4) is 0 Å². The molecular weight excluding hydrogens is 252 g/mol. The number of hydrogen-bond acceptors (Lipinski definition) is 3. The van der Waals surface area contributed by atoms with Crippen LogP contribution in [0.5, 0.6) is 0 Å². The number of hydrogen-bond donors (Lipinski definition) is 0. The number of fused-ring (bicyclic) bond motifs is 1. The van der Waals surface area contributed by atoms with Gasteiger partial charge >= 0.3 is 0 Å². The molecule has 1 saturated heterocycles. The van der Waals surface area contributed by atoms with E-state index in [0.29, 0.717) is 32.0 Å². The molecule has 0 bridgehead atoms. The van der Waals surface area contributed by atoms with E-state index in [1.54, 1.807) is 0 Å². The molecule has 1 aromatic rings. The van der Waals surface area contributed by atoms with Crippen molar-refractivity contribution < 1.29 is 9.53 Å². The largest absolute Gasteiger partial charge is 0.378 e. The van der Waals surface area contributed by atoms with Gasteiger partial charge in [0.15, 0.2) is 0 Å². The first kappa shape index (κ1) is 13.3. The lowest BCUT2D eigenvalue weighted by Crippen LogP contribution is -2.47. The fourth-order valence-corrected chi connectivity index (χ4v) is 2.87. The lowest BCUT2D eigenvalue weighted by molar-refractivity contribution is -0.128. The smallest absolute Gasteiger partial charge is 0.269 e. The van der Waals surface area contributed by atoms with E-state index in [2.05, 4.69) is 31.8 Å².